The lowest BCUT2D eigenvalue weighted by Crippen LogP contribution is -2.53. The van der Waals surface area contributed by atoms with E-state index in [2.05, 4.69) is 16.8 Å². The van der Waals surface area contributed by atoms with Crippen LogP contribution in [0, 0.1) is 0 Å². The highest BCUT2D eigenvalue weighted by Gasteiger charge is 2.48. The molecule has 150 valence electrons. The van der Waals surface area contributed by atoms with Gasteiger partial charge in [0.1, 0.15) is 16.7 Å². The highest BCUT2D eigenvalue weighted by molar-refractivity contribution is 7.09. The number of piperidine rings is 1. The van der Waals surface area contributed by atoms with Crippen LogP contribution in [-0.2, 0) is 25.5 Å². The molecule has 0 radical (unpaired) electrons. The Bertz CT molecular complexity index is 647. The van der Waals surface area contributed by atoms with Crippen molar-refractivity contribution in [3.63, 3.8) is 0 Å². The second kappa shape index (κ2) is 7.75. The predicted octanol–water partition coefficient (Wildman–Crippen LogP) is 1.53. The molecular weight excluding hydrogens is 366 g/mol. The quantitative estimate of drug-likeness (QED) is 0.770. The third-order valence-corrected chi connectivity index (χ3v) is 6.94. The first-order chi connectivity index (χ1) is 13.0. The van der Waals surface area contributed by atoms with Crippen LogP contribution in [0.15, 0.2) is 11.6 Å². The van der Waals surface area contributed by atoms with Crippen molar-refractivity contribution in [2.24, 2.45) is 0 Å². The van der Waals surface area contributed by atoms with E-state index in [0.29, 0.717) is 19.6 Å². The smallest absolute Gasteiger partial charge is 0.251 e. The van der Waals surface area contributed by atoms with Crippen LogP contribution in [0.4, 0.5) is 0 Å². The van der Waals surface area contributed by atoms with E-state index in [1.165, 1.54) is 0 Å². The highest BCUT2D eigenvalue weighted by Crippen LogP contribution is 2.34. The fraction of sp³-hybridized carbons (Fsp3) is 0.789. The number of aromatic nitrogens is 1. The van der Waals surface area contributed by atoms with Gasteiger partial charge in [-0.3, -0.25) is 9.69 Å². The number of carbonyl (C=O) groups excluding carboxylic acids is 1. The van der Waals surface area contributed by atoms with E-state index in [1.807, 2.05) is 16.5 Å². The highest BCUT2D eigenvalue weighted by atomic mass is 32.1. The minimum absolute atomic E-state index is 0.102. The zero-order valence-electron chi connectivity index (χ0n) is 16.2. The van der Waals surface area contributed by atoms with Crippen LogP contribution in [0.5, 0.6) is 0 Å². The van der Waals surface area contributed by atoms with Gasteiger partial charge >= 0.3 is 0 Å². The van der Waals surface area contributed by atoms with Crippen LogP contribution in [0.1, 0.15) is 31.2 Å². The fourth-order valence-electron chi connectivity index (χ4n) is 4.27. The van der Waals surface area contributed by atoms with Crippen molar-refractivity contribution in [2.75, 3.05) is 46.5 Å². The van der Waals surface area contributed by atoms with Gasteiger partial charge in [-0.2, -0.15) is 0 Å². The number of hydrogen-bond acceptors (Lipinski definition) is 7. The van der Waals surface area contributed by atoms with Crippen LogP contribution in [0.25, 0.3) is 0 Å². The first kappa shape index (κ1) is 19.3. The molecule has 0 aliphatic carbocycles. The number of morpholine rings is 1. The Morgan fingerprint density at radius 1 is 1.41 bits per heavy atom. The molecule has 1 spiro atoms. The van der Waals surface area contributed by atoms with Gasteiger partial charge in [0, 0.05) is 51.3 Å². The van der Waals surface area contributed by atoms with Gasteiger partial charge in [0.25, 0.3) is 5.91 Å². The molecule has 7 nitrogen and oxygen atoms in total. The van der Waals surface area contributed by atoms with Gasteiger partial charge in [-0.25, -0.2) is 4.98 Å². The number of carbonyl (C=O) groups is 1. The van der Waals surface area contributed by atoms with E-state index in [9.17, 15) is 4.79 Å². The third kappa shape index (κ3) is 4.19. The average molecular weight is 396 g/mol. The number of rotatable bonds is 4. The molecule has 0 N–H and O–H groups in total. The second-order valence-electron chi connectivity index (χ2n) is 8.15. The summed E-state index contributed by atoms with van der Waals surface area (Å²) < 4.78 is 17.6. The molecule has 0 bridgehead atoms. The molecule has 3 aliphatic heterocycles. The summed E-state index contributed by atoms with van der Waals surface area (Å²) in [4.78, 5) is 21.6. The van der Waals surface area contributed by atoms with Crippen molar-refractivity contribution in [1.29, 1.82) is 0 Å². The predicted molar refractivity (Wildman–Crippen MR) is 102 cm³/mol. The molecule has 1 amide bonds. The lowest BCUT2D eigenvalue weighted by Gasteiger charge is -2.40. The third-order valence-electron chi connectivity index (χ3n) is 6.18. The zero-order valence-corrected chi connectivity index (χ0v) is 17.0. The maximum atomic E-state index is 12.9. The van der Waals surface area contributed by atoms with Crippen LogP contribution in [0.3, 0.4) is 0 Å². The van der Waals surface area contributed by atoms with E-state index >= 15 is 0 Å². The van der Waals surface area contributed by atoms with Gasteiger partial charge in [-0.15, -0.1) is 11.3 Å². The lowest BCUT2D eigenvalue weighted by molar-refractivity contribution is -0.145. The van der Waals surface area contributed by atoms with Crippen molar-refractivity contribution in [1.82, 2.24) is 14.8 Å². The molecule has 0 saturated carbocycles. The van der Waals surface area contributed by atoms with Gasteiger partial charge < -0.3 is 19.1 Å². The molecule has 4 heterocycles. The number of thiazole rings is 1. The molecule has 1 aromatic heterocycles. The monoisotopic (exact) mass is 395 g/mol. The van der Waals surface area contributed by atoms with Gasteiger partial charge in [0.05, 0.1) is 25.4 Å². The number of methoxy groups -OCH3 is 1. The Labute approximate surface area is 164 Å². The summed E-state index contributed by atoms with van der Waals surface area (Å²) in [6.45, 7) is 7.25. The second-order valence-corrected chi connectivity index (χ2v) is 9.13. The maximum Gasteiger partial charge on any atom is 0.251 e. The summed E-state index contributed by atoms with van der Waals surface area (Å²) in [5.41, 5.74) is -0.482. The summed E-state index contributed by atoms with van der Waals surface area (Å²) in [6.07, 6.45) is 3.82. The summed E-state index contributed by atoms with van der Waals surface area (Å²) in [7, 11) is 1.75. The summed E-state index contributed by atoms with van der Waals surface area (Å²) in [5.74, 6) is 0.102. The summed E-state index contributed by atoms with van der Waals surface area (Å²) in [5, 5.41) is 3.12. The maximum absolute atomic E-state index is 12.9. The number of nitrogens with zero attached hydrogens (tertiary/aromatic N) is 3. The Balaban J connectivity index is 1.33. The summed E-state index contributed by atoms with van der Waals surface area (Å²) in [6, 6.07) is 0. The van der Waals surface area contributed by atoms with Crippen LogP contribution in [-0.4, -0.2) is 84.5 Å². The Morgan fingerprint density at radius 2 is 2.22 bits per heavy atom. The molecule has 0 aromatic carbocycles. The Morgan fingerprint density at radius 3 is 2.93 bits per heavy atom. The number of likely N-dealkylation sites (tertiary alicyclic amines) is 1. The minimum atomic E-state index is -0.392. The Kier molecular flexibility index (Phi) is 5.53. The van der Waals surface area contributed by atoms with Crippen LogP contribution >= 0.6 is 11.3 Å². The molecule has 2 atom stereocenters. The normalized spacial score (nSPS) is 31.5. The SMILES string of the molecule is COC1(C)CCN(C(=O)C2CC3(CO2)CN(Cc2nccs2)CCO3)CC1. The van der Waals surface area contributed by atoms with Crippen molar-refractivity contribution >= 4 is 17.2 Å². The molecule has 27 heavy (non-hydrogen) atoms. The van der Waals surface area contributed by atoms with Crippen molar-refractivity contribution in [2.45, 2.75) is 50.0 Å². The standard InChI is InChI=1S/C19H29N3O4S/c1-18(24-2)3-6-22(7-4-18)17(23)15-11-19(14-25-15)13-21(8-9-26-19)12-16-20-5-10-27-16/h5,10,15H,3-4,6-9,11-14H2,1-2H3. The molecule has 3 aliphatic rings. The molecule has 3 saturated heterocycles. The number of amides is 1. The molecule has 3 fully saturated rings. The largest absolute Gasteiger partial charge is 0.378 e. The average Bonchev–Trinajstić information content (AvgIpc) is 3.32. The minimum Gasteiger partial charge on any atom is -0.378 e. The first-order valence-electron chi connectivity index (χ1n) is 9.71. The van der Waals surface area contributed by atoms with Crippen molar-refractivity contribution in [3.8, 4) is 0 Å². The van der Waals surface area contributed by atoms with E-state index in [4.69, 9.17) is 14.2 Å². The van der Waals surface area contributed by atoms with E-state index in [1.54, 1.807) is 18.4 Å². The lowest BCUT2D eigenvalue weighted by atomic mass is 9.92. The Hall–Kier alpha value is -1.06. The zero-order chi connectivity index (χ0) is 18.9. The number of ether oxygens (including phenoxy) is 3. The van der Waals surface area contributed by atoms with E-state index in [-0.39, 0.29) is 17.1 Å². The van der Waals surface area contributed by atoms with E-state index in [0.717, 1.165) is 50.6 Å². The summed E-state index contributed by atoms with van der Waals surface area (Å²) >= 11 is 1.68. The van der Waals surface area contributed by atoms with Gasteiger partial charge in [-0.05, 0) is 19.8 Å². The molecule has 2 unspecified atom stereocenters. The van der Waals surface area contributed by atoms with Crippen molar-refractivity contribution < 1.29 is 19.0 Å². The molecular formula is C19H29N3O4S. The van der Waals surface area contributed by atoms with Gasteiger partial charge in [0.2, 0.25) is 0 Å². The first-order valence-corrected chi connectivity index (χ1v) is 10.6. The number of hydrogen-bond donors (Lipinski definition) is 0. The molecule has 4 rings (SSSR count). The molecule has 1 aromatic rings. The van der Waals surface area contributed by atoms with Gasteiger partial charge in [-0.1, -0.05) is 0 Å². The van der Waals surface area contributed by atoms with Crippen molar-refractivity contribution in [3.05, 3.63) is 16.6 Å². The van der Waals surface area contributed by atoms with E-state index < -0.39 is 6.10 Å². The fourth-order valence-corrected chi connectivity index (χ4v) is 4.92. The van der Waals surface area contributed by atoms with Crippen LogP contribution in [0.2, 0.25) is 0 Å². The topological polar surface area (TPSA) is 64.1 Å². The molecule has 8 heteroatoms. The van der Waals surface area contributed by atoms with Gasteiger partial charge in [0.15, 0.2) is 0 Å². The van der Waals surface area contributed by atoms with Crippen LogP contribution < -0.4 is 0 Å².